The molecule has 1 atom stereocenters. The van der Waals surface area contributed by atoms with E-state index in [4.69, 9.17) is 5.73 Å². The fourth-order valence-electron chi connectivity index (χ4n) is 3.74. The third-order valence-corrected chi connectivity index (χ3v) is 5.16. The van der Waals surface area contributed by atoms with Gasteiger partial charge in [-0.2, -0.15) is 0 Å². The van der Waals surface area contributed by atoms with Crippen molar-refractivity contribution in [2.75, 3.05) is 24.5 Å². The Labute approximate surface area is 158 Å². The molecule has 2 N–H and O–H groups in total. The van der Waals surface area contributed by atoms with E-state index in [1.807, 2.05) is 23.4 Å². The summed E-state index contributed by atoms with van der Waals surface area (Å²) in [5.41, 5.74) is 8.35. The Morgan fingerprint density at radius 3 is 2.89 bits per heavy atom. The number of nitrogens with zero attached hydrogens (tertiary/aromatic N) is 4. The van der Waals surface area contributed by atoms with Gasteiger partial charge in [0.1, 0.15) is 0 Å². The molecule has 27 heavy (non-hydrogen) atoms. The third kappa shape index (κ3) is 3.36. The maximum absolute atomic E-state index is 13.0. The fourth-order valence-corrected chi connectivity index (χ4v) is 3.74. The summed E-state index contributed by atoms with van der Waals surface area (Å²) in [6.07, 6.45) is 7.04. The summed E-state index contributed by atoms with van der Waals surface area (Å²) in [5.74, 6) is 0.0204. The summed E-state index contributed by atoms with van der Waals surface area (Å²) < 4.78 is 0. The molecule has 1 aliphatic heterocycles. The fraction of sp³-hybridized carbons (Fsp3) is 0.286. The molecule has 138 valence electrons. The van der Waals surface area contributed by atoms with E-state index < -0.39 is 0 Å². The standard InChI is InChI=1S/C21H23N5O/c1-15-14-25(20-4-2-3-17-12-23-6-5-19(17)20)7-8-26(15)21(27)18-9-16(10-22)11-24-13-18/h2-6,9,11-13,15H,7-8,10,14,22H2,1H3. The first-order valence-corrected chi connectivity index (χ1v) is 9.20. The second kappa shape index (κ2) is 7.32. The topological polar surface area (TPSA) is 75.4 Å². The van der Waals surface area contributed by atoms with Gasteiger partial charge in [-0.25, -0.2) is 0 Å². The summed E-state index contributed by atoms with van der Waals surface area (Å²) in [6.45, 7) is 4.73. The predicted octanol–water partition coefficient (Wildman–Crippen LogP) is 2.44. The van der Waals surface area contributed by atoms with E-state index in [9.17, 15) is 4.79 Å². The number of hydrogen-bond donors (Lipinski definition) is 1. The highest BCUT2D eigenvalue weighted by molar-refractivity contribution is 5.95. The van der Waals surface area contributed by atoms with Crippen molar-refractivity contribution in [3.8, 4) is 0 Å². The Bertz CT molecular complexity index is 968. The molecule has 3 heterocycles. The minimum atomic E-state index is 0.0204. The highest BCUT2D eigenvalue weighted by Gasteiger charge is 2.29. The predicted molar refractivity (Wildman–Crippen MR) is 107 cm³/mol. The summed E-state index contributed by atoms with van der Waals surface area (Å²) in [4.78, 5) is 25.6. The van der Waals surface area contributed by atoms with Gasteiger partial charge in [0.15, 0.2) is 0 Å². The molecule has 6 heteroatoms. The van der Waals surface area contributed by atoms with Crippen LogP contribution in [0.3, 0.4) is 0 Å². The number of carbonyl (C=O) groups excluding carboxylic acids is 1. The minimum Gasteiger partial charge on any atom is -0.367 e. The second-order valence-corrected chi connectivity index (χ2v) is 6.95. The van der Waals surface area contributed by atoms with Crippen molar-refractivity contribution in [2.24, 2.45) is 5.73 Å². The van der Waals surface area contributed by atoms with Gasteiger partial charge >= 0.3 is 0 Å². The average Bonchev–Trinajstić information content (AvgIpc) is 2.73. The van der Waals surface area contributed by atoms with Crippen LogP contribution in [0.15, 0.2) is 55.1 Å². The molecule has 0 saturated carbocycles. The molecule has 1 aliphatic rings. The molecule has 1 fully saturated rings. The number of anilines is 1. The highest BCUT2D eigenvalue weighted by atomic mass is 16.2. The number of carbonyl (C=O) groups is 1. The van der Waals surface area contributed by atoms with E-state index in [0.29, 0.717) is 18.7 Å². The second-order valence-electron chi connectivity index (χ2n) is 6.95. The third-order valence-electron chi connectivity index (χ3n) is 5.16. The maximum Gasteiger partial charge on any atom is 0.255 e. The number of rotatable bonds is 3. The normalized spacial score (nSPS) is 17.3. The van der Waals surface area contributed by atoms with Crippen LogP contribution in [-0.4, -0.2) is 46.5 Å². The zero-order valence-corrected chi connectivity index (χ0v) is 15.4. The van der Waals surface area contributed by atoms with Crippen molar-refractivity contribution in [1.82, 2.24) is 14.9 Å². The Balaban J connectivity index is 1.54. The molecule has 6 nitrogen and oxygen atoms in total. The van der Waals surface area contributed by atoms with Crippen LogP contribution in [0.4, 0.5) is 5.69 Å². The zero-order valence-electron chi connectivity index (χ0n) is 15.4. The molecular formula is C21H23N5O. The molecule has 3 aromatic rings. The van der Waals surface area contributed by atoms with E-state index in [1.54, 1.807) is 12.4 Å². The molecule has 1 unspecified atom stereocenters. The SMILES string of the molecule is CC1CN(c2cccc3cnccc23)CCN1C(=O)c1cncc(CN)c1. The van der Waals surface area contributed by atoms with Gasteiger partial charge in [0.2, 0.25) is 0 Å². The number of fused-ring (bicyclic) bond motifs is 1. The monoisotopic (exact) mass is 361 g/mol. The number of benzene rings is 1. The van der Waals surface area contributed by atoms with Gasteiger partial charge in [-0.05, 0) is 30.7 Å². The van der Waals surface area contributed by atoms with Gasteiger partial charge in [0.05, 0.1) is 5.56 Å². The van der Waals surface area contributed by atoms with Crippen LogP contribution in [0.5, 0.6) is 0 Å². The van der Waals surface area contributed by atoms with Crippen LogP contribution < -0.4 is 10.6 Å². The van der Waals surface area contributed by atoms with Crippen LogP contribution in [0.25, 0.3) is 10.8 Å². The van der Waals surface area contributed by atoms with E-state index in [0.717, 1.165) is 24.0 Å². The van der Waals surface area contributed by atoms with Crippen molar-refractivity contribution in [1.29, 1.82) is 0 Å². The number of aromatic nitrogens is 2. The lowest BCUT2D eigenvalue weighted by molar-refractivity contribution is 0.0673. The highest BCUT2D eigenvalue weighted by Crippen LogP contribution is 2.28. The van der Waals surface area contributed by atoms with E-state index >= 15 is 0 Å². The Hall–Kier alpha value is -2.99. The lowest BCUT2D eigenvalue weighted by Gasteiger charge is -2.41. The average molecular weight is 361 g/mol. The molecule has 1 amide bonds. The van der Waals surface area contributed by atoms with Crippen molar-refractivity contribution in [2.45, 2.75) is 19.5 Å². The number of hydrogen-bond acceptors (Lipinski definition) is 5. The van der Waals surface area contributed by atoms with Gasteiger partial charge < -0.3 is 15.5 Å². The minimum absolute atomic E-state index is 0.0204. The van der Waals surface area contributed by atoms with Gasteiger partial charge in [-0.15, -0.1) is 0 Å². The zero-order chi connectivity index (χ0) is 18.8. The van der Waals surface area contributed by atoms with Crippen LogP contribution in [0.1, 0.15) is 22.8 Å². The van der Waals surface area contributed by atoms with Gasteiger partial charge in [0, 0.05) is 73.5 Å². The van der Waals surface area contributed by atoms with Crippen LogP contribution in [0.2, 0.25) is 0 Å². The number of nitrogens with two attached hydrogens (primary N) is 1. The first kappa shape index (κ1) is 17.4. The molecule has 0 radical (unpaired) electrons. The van der Waals surface area contributed by atoms with Gasteiger partial charge in [-0.1, -0.05) is 12.1 Å². The summed E-state index contributed by atoms with van der Waals surface area (Å²) >= 11 is 0. The Morgan fingerprint density at radius 2 is 2.07 bits per heavy atom. The molecule has 4 rings (SSSR count). The van der Waals surface area contributed by atoms with Gasteiger partial charge in [0.25, 0.3) is 5.91 Å². The van der Waals surface area contributed by atoms with Crippen LogP contribution >= 0.6 is 0 Å². The first-order chi connectivity index (χ1) is 13.2. The molecule has 1 aromatic carbocycles. The lowest BCUT2D eigenvalue weighted by atomic mass is 10.1. The molecule has 0 spiro atoms. The lowest BCUT2D eigenvalue weighted by Crippen LogP contribution is -2.54. The quantitative estimate of drug-likeness (QED) is 0.775. The first-order valence-electron chi connectivity index (χ1n) is 9.20. The van der Waals surface area contributed by atoms with Crippen molar-refractivity contribution in [3.05, 3.63) is 66.2 Å². The molecule has 0 aliphatic carbocycles. The smallest absolute Gasteiger partial charge is 0.255 e. The molecule has 1 saturated heterocycles. The summed E-state index contributed by atoms with van der Waals surface area (Å²) in [6, 6.07) is 10.3. The van der Waals surface area contributed by atoms with Crippen LogP contribution in [0, 0.1) is 0 Å². The van der Waals surface area contributed by atoms with E-state index in [1.165, 1.54) is 11.1 Å². The number of amides is 1. The van der Waals surface area contributed by atoms with E-state index in [-0.39, 0.29) is 11.9 Å². The molecular weight excluding hydrogens is 338 g/mol. The summed E-state index contributed by atoms with van der Waals surface area (Å²) in [7, 11) is 0. The largest absolute Gasteiger partial charge is 0.367 e. The van der Waals surface area contributed by atoms with Crippen LogP contribution in [-0.2, 0) is 6.54 Å². The van der Waals surface area contributed by atoms with E-state index in [2.05, 4.69) is 46.1 Å². The van der Waals surface area contributed by atoms with Crippen molar-refractivity contribution >= 4 is 22.4 Å². The maximum atomic E-state index is 13.0. The summed E-state index contributed by atoms with van der Waals surface area (Å²) in [5, 5.41) is 2.32. The number of piperazine rings is 1. The van der Waals surface area contributed by atoms with Crippen molar-refractivity contribution < 1.29 is 4.79 Å². The Kier molecular flexibility index (Phi) is 4.73. The number of pyridine rings is 2. The molecule has 2 aromatic heterocycles. The van der Waals surface area contributed by atoms with Crippen molar-refractivity contribution in [3.63, 3.8) is 0 Å². The Morgan fingerprint density at radius 1 is 1.19 bits per heavy atom. The molecule has 0 bridgehead atoms. The van der Waals surface area contributed by atoms with Gasteiger partial charge in [-0.3, -0.25) is 14.8 Å².